The number of carbonyl (C=O) groups is 2. The zero-order valence-corrected chi connectivity index (χ0v) is 17.6. The standard InChI is InChI=1S/C23H34N2O4/c1-24-16-17-29-20-8-3-2-6-19(20)7-4-5-11-23(18-24)12-14-25(15-13-23)21(26)9-10-22(27)28/h2-3,6,8H,4-5,7,9-18H2,1H3,(H,27,28). The van der Waals surface area contributed by atoms with Crippen molar-refractivity contribution < 1.29 is 19.4 Å². The van der Waals surface area contributed by atoms with Gasteiger partial charge >= 0.3 is 5.97 Å². The van der Waals surface area contributed by atoms with Crippen LogP contribution in [0.3, 0.4) is 0 Å². The van der Waals surface area contributed by atoms with E-state index in [2.05, 4.69) is 30.1 Å². The molecule has 6 nitrogen and oxygen atoms in total. The fraction of sp³-hybridized carbons (Fsp3) is 0.652. The minimum Gasteiger partial charge on any atom is -0.492 e. The Hall–Kier alpha value is -2.08. The lowest BCUT2D eigenvalue weighted by Gasteiger charge is -2.44. The molecule has 0 aromatic heterocycles. The molecule has 29 heavy (non-hydrogen) atoms. The zero-order chi connectivity index (χ0) is 20.7. The monoisotopic (exact) mass is 402 g/mol. The summed E-state index contributed by atoms with van der Waals surface area (Å²) in [6.07, 6.45) is 6.56. The normalized spacial score (nSPS) is 20.8. The lowest BCUT2D eigenvalue weighted by Crippen LogP contribution is -2.48. The molecule has 0 saturated carbocycles. The number of rotatable bonds is 3. The van der Waals surface area contributed by atoms with Gasteiger partial charge in [-0.25, -0.2) is 0 Å². The number of aryl methyl sites for hydroxylation is 1. The van der Waals surface area contributed by atoms with Gasteiger partial charge in [-0.3, -0.25) is 9.59 Å². The predicted molar refractivity (Wildman–Crippen MR) is 112 cm³/mol. The first kappa shape index (κ1) is 21.6. The number of carboxylic acid groups (broad SMARTS) is 1. The van der Waals surface area contributed by atoms with Gasteiger partial charge in [0.05, 0.1) is 6.42 Å². The highest BCUT2D eigenvalue weighted by Crippen LogP contribution is 2.38. The topological polar surface area (TPSA) is 70.1 Å². The number of hydrogen-bond acceptors (Lipinski definition) is 4. The summed E-state index contributed by atoms with van der Waals surface area (Å²) >= 11 is 0. The van der Waals surface area contributed by atoms with Crippen LogP contribution >= 0.6 is 0 Å². The quantitative estimate of drug-likeness (QED) is 0.841. The number of carboxylic acids is 1. The number of benzene rings is 1. The van der Waals surface area contributed by atoms with Crippen LogP contribution in [0, 0.1) is 5.41 Å². The summed E-state index contributed by atoms with van der Waals surface area (Å²) in [4.78, 5) is 27.3. The summed E-state index contributed by atoms with van der Waals surface area (Å²) in [5.74, 6) is 0.0923. The second kappa shape index (κ2) is 10.1. The van der Waals surface area contributed by atoms with Gasteiger partial charge < -0.3 is 19.6 Å². The van der Waals surface area contributed by atoms with Crippen molar-refractivity contribution in [2.45, 2.75) is 51.4 Å². The molecule has 1 aromatic carbocycles. The Morgan fingerprint density at radius 3 is 2.59 bits per heavy atom. The highest BCUT2D eigenvalue weighted by molar-refractivity contribution is 5.80. The van der Waals surface area contributed by atoms with Gasteiger partial charge in [0.2, 0.25) is 5.91 Å². The molecule has 2 aliphatic heterocycles. The number of likely N-dealkylation sites (N-methyl/N-ethyl adjacent to an activating group) is 1. The van der Waals surface area contributed by atoms with Gasteiger partial charge in [-0.05, 0) is 56.2 Å². The third kappa shape index (κ3) is 6.20. The molecule has 0 bridgehead atoms. The number of aliphatic carboxylic acids is 1. The minimum atomic E-state index is -0.906. The number of ether oxygens (including phenoxy) is 1. The lowest BCUT2D eigenvalue weighted by atomic mass is 9.73. The summed E-state index contributed by atoms with van der Waals surface area (Å²) < 4.78 is 6.06. The van der Waals surface area contributed by atoms with E-state index in [9.17, 15) is 9.59 Å². The van der Waals surface area contributed by atoms with Crippen molar-refractivity contribution in [1.82, 2.24) is 9.80 Å². The maximum Gasteiger partial charge on any atom is 0.303 e. The average Bonchev–Trinajstić information content (AvgIpc) is 2.70. The van der Waals surface area contributed by atoms with Crippen LogP contribution in [0.25, 0.3) is 0 Å². The van der Waals surface area contributed by atoms with Gasteiger partial charge in [0.25, 0.3) is 0 Å². The molecule has 1 N–H and O–H groups in total. The number of para-hydroxylation sites is 1. The van der Waals surface area contributed by atoms with Crippen LogP contribution in [-0.4, -0.2) is 66.6 Å². The van der Waals surface area contributed by atoms with E-state index in [1.165, 1.54) is 18.4 Å². The molecule has 160 valence electrons. The molecule has 0 atom stereocenters. The molecule has 1 saturated heterocycles. The van der Waals surface area contributed by atoms with E-state index in [0.717, 1.165) is 57.6 Å². The molecular formula is C23H34N2O4. The van der Waals surface area contributed by atoms with Gasteiger partial charge in [0, 0.05) is 32.6 Å². The van der Waals surface area contributed by atoms with E-state index in [-0.39, 0.29) is 24.2 Å². The first-order valence-electron chi connectivity index (χ1n) is 10.9. The predicted octanol–water partition coefficient (Wildman–Crippen LogP) is 3.20. The fourth-order valence-electron chi connectivity index (χ4n) is 4.72. The van der Waals surface area contributed by atoms with Crippen LogP contribution in [0.1, 0.15) is 50.5 Å². The molecule has 6 heteroatoms. The molecule has 1 aromatic rings. The summed E-state index contributed by atoms with van der Waals surface area (Å²) in [6.45, 7) is 4.08. The first-order valence-corrected chi connectivity index (χ1v) is 10.9. The van der Waals surface area contributed by atoms with E-state index in [0.29, 0.717) is 6.61 Å². The minimum absolute atomic E-state index is 0.0197. The van der Waals surface area contributed by atoms with E-state index in [4.69, 9.17) is 9.84 Å². The molecule has 1 spiro atoms. The molecule has 3 rings (SSSR count). The van der Waals surface area contributed by atoms with Crippen LogP contribution < -0.4 is 4.74 Å². The van der Waals surface area contributed by atoms with Crippen molar-refractivity contribution in [2.75, 3.05) is 39.8 Å². The number of carbonyl (C=O) groups excluding carboxylic acids is 1. The van der Waals surface area contributed by atoms with E-state index in [1.54, 1.807) is 0 Å². The molecule has 2 aliphatic rings. The smallest absolute Gasteiger partial charge is 0.303 e. The molecule has 1 amide bonds. The van der Waals surface area contributed by atoms with Gasteiger partial charge in [-0.15, -0.1) is 0 Å². The Morgan fingerprint density at radius 1 is 1.07 bits per heavy atom. The maximum atomic E-state index is 12.3. The van der Waals surface area contributed by atoms with Crippen LogP contribution in [0.15, 0.2) is 24.3 Å². The Morgan fingerprint density at radius 2 is 1.83 bits per heavy atom. The molecule has 0 aliphatic carbocycles. The third-order valence-corrected chi connectivity index (χ3v) is 6.44. The maximum absolute atomic E-state index is 12.3. The molecule has 0 radical (unpaired) electrons. The van der Waals surface area contributed by atoms with Gasteiger partial charge in [0.1, 0.15) is 12.4 Å². The highest BCUT2D eigenvalue weighted by Gasteiger charge is 2.36. The largest absolute Gasteiger partial charge is 0.492 e. The van der Waals surface area contributed by atoms with Gasteiger partial charge in [-0.2, -0.15) is 0 Å². The summed E-state index contributed by atoms with van der Waals surface area (Å²) in [7, 11) is 2.16. The van der Waals surface area contributed by atoms with Crippen LogP contribution in [0.5, 0.6) is 5.75 Å². The van der Waals surface area contributed by atoms with E-state index >= 15 is 0 Å². The van der Waals surface area contributed by atoms with Crippen molar-refractivity contribution in [1.29, 1.82) is 0 Å². The van der Waals surface area contributed by atoms with Gasteiger partial charge in [-0.1, -0.05) is 24.6 Å². The number of hydrogen-bond donors (Lipinski definition) is 1. The Kier molecular flexibility index (Phi) is 7.53. The third-order valence-electron chi connectivity index (χ3n) is 6.44. The zero-order valence-electron chi connectivity index (χ0n) is 17.6. The van der Waals surface area contributed by atoms with Crippen molar-refractivity contribution >= 4 is 11.9 Å². The first-order chi connectivity index (χ1) is 14.0. The van der Waals surface area contributed by atoms with Crippen LogP contribution in [0.4, 0.5) is 0 Å². The molecule has 2 heterocycles. The van der Waals surface area contributed by atoms with Crippen molar-refractivity contribution in [2.24, 2.45) is 5.41 Å². The number of likely N-dealkylation sites (tertiary alicyclic amines) is 1. The fourth-order valence-corrected chi connectivity index (χ4v) is 4.72. The van der Waals surface area contributed by atoms with Crippen LogP contribution in [0.2, 0.25) is 0 Å². The van der Waals surface area contributed by atoms with Crippen molar-refractivity contribution in [3.05, 3.63) is 29.8 Å². The Labute approximate surface area is 173 Å². The van der Waals surface area contributed by atoms with Crippen LogP contribution in [-0.2, 0) is 16.0 Å². The number of fused-ring (bicyclic) bond motifs is 1. The van der Waals surface area contributed by atoms with E-state index in [1.807, 2.05) is 11.0 Å². The van der Waals surface area contributed by atoms with Crippen molar-refractivity contribution in [3.8, 4) is 5.75 Å². The summed E-state index contributed by atoms with van der Waals surface area (Å²) in [5.41, 5.74) is 1.53. The Bertz CT molecular complexity index is 698. The second-order valence-corrected chi connectivity index (χ2v) is 8.68. The number of piperidine rings is 1. The average molecular weight is 403 g/mol. The summed E-state index contributed by atoms with van der Waals surface area (Å²) in [6, 6.07) is 8.36. The number of nitrogens with zero attached hydrogens (tertiary/aromatic N) is 2. The molecule has 1 fully saturated rings. The van der Waals surface area contributed by atoms with Gasteiger partial charge in [0.15, 0.2) is 0 Å². The lowest BCUT2D eigenvalue weighted by molar-refractivity contribution is -0.141. The Balaban J connectivity index is 1.59. The molecule has 0 unspecified atom stereocenters. The second-order valence-electron chi connectivity index (χ2n) is 8.68. The number of amides is 1. The molecular weight excluding hydrogens is 368 g/mol. The van der Waals surface area contributed by atoms with Crippen molar-refractivity contribution in [3.63, 3.8) is 0 Å². The SMILES string of the molecule is CN1CCOc2ccccc2CCCCC2(CCN(C(=O)CCC(=O)O)CC2)C1. The highest BCUT2D eigenvalue weighted by atomic mass is 16.5. The summed E-state index contributed by atoms with van der Waals surface area (Å²) in [5, 5.41) is 8.81. The van der Waals surface area contributed by atoms with E-state index < -0.39 is 5.97 Å².